The molecule has 0 spiro atoms. The first-order chi connectivity index (χ1) is 15.3. The second-order valence-corrected chi connectivity index (χ2v) is 8.51. The Morgan fingerprint density at radius 3 is 2.47 bits per heavy atom. The highest BCUT2D eigenvalue weighted by molar-refractivity contribution is 5.78. The van der Waals surface area contributed by atoms with E-state index in [1.165, 1.54) is 13.0 Å². The zero-order valence-corrected chi connectivity index (χ0v) is 18.9. The predicted octanol–water partition coefficient (Wildman–Crippen LogP) is 3.37. The topological polar surface area (TPSA) is 70.7 Å². The monoisotopic (exact) mass is 441 g/mol. The Morgan fingerprint density at radius 1 is 1.09 bits per heavy atom. The first-order valence-electron chi connectivity index (χ1n) is 11.0. The van der Waals surface area contributed by atoms with Crippen LogP contribution in [0.15, 0.2) is 48.5 Å². The lowest BCUT2D eigenvalue weighted by Crippen LogP contribution is -2.43. The molecule has 1 heterocycles. The lowest BCUT2D eigenvalue weighted by Gasteiger charge is -2.36. The second-order valence-electron chi connectivity index (χ2n) is 8.51. The number of ether oxygens (including phenoxy) is 1. The molecule has 32 heavy (non-hydrogen) atoms. The Bertz CT molecular complexity index is 917. The standard InChI is InChI=1S/C25H32FN3O3/c1-17(30)28-19-15-21(32-24(16-19)22-6-4-5-7-23(22)26)12-13-27-25(31)14-18-8-10-20(11-9-18)29(2)3/h4-11,19,21,24H,12-16H2,1-3H3,(H,27,31)(H,28,30)/t19-,21+,24+/m0/s1. The summed E-state index contributed by atoms with van der Waals surface area (Å²) in [6.45, 7) is 1.93. The predicted molar refractivity (Wildman–Crippen MR) is 123 cm³/mol. The summed E-state index contributed by atoms with van der Waals surface area (Å²) in [4.78, 5) is 25.9. The van der Waals surface area contributed by atoms with E-state index in [-0.39, 0.29) is 29.8 Å². The van der Waals surface area contributed by atoms with Crippen LogP contribution in [0, 0.1) is 5.82 Å². The molecule has 2 aromatic rings. The number of hydrogen-bond acceptors (Lipinski definition) is 4. The smallest absolute Gasteiger partial charge is 0.224 e. The Kier molecular flexibility index (Phi) is 8.22. The van der Waals surface area contributed by atoms with E-state index in [2.05, 4.69) is 10.6 Å². The number of halogens is 1. The van der Waals surface area contributed by atoms with Crippen molar-refractivity contribution in [2.24, 2.45) is 0 Å². The molecule has 0 unspecified atom stereocenters. The van der Waals surface area contributed by atoms with Crippen LogP contribution in [0.25, 0.3) is 0 Å². The molecule has 0 aromatic heterocycles. The summed E-state index contributed by atoms with van der Waals surface area (Å²) >= 11 is 0. The van der Waals surface area contributed by atoms with E-state index < -0.39 is 6.10 Å². The fourth-order valence-electron chi connectivity index (χ4n) is 4.08. The number of anilines is 1. The zero-order valence-electron chi connectivity index (χ0n) is 18.9. The number of benzene rings is 2. The molecule has 3 rings (SSSR count). The summed E-state index contributed by atoms with van der Waals surface area (Å²) in [6, 6.07) is 14.4. The number of nitrogens with one attached hydrogen (secondary N) is 2. The van der Waals surface area contributed by atoms with E-state index in [0.29, 0.717) is 37.8 Å². The van der Waals surface area contributed by atoms with Gasteiger partial charge in [-0.15, -0.1) is 0 Å². The van der Waals surface area contributed by atoms with Gasteiger partial charge in [-0.3, -0.25) is 9.59 Å². The van der Waals surface area contributed by atoms with Crippen LogP contribution in [0.5, 0.6) is 0 Å². The summed E-state index contributed by atoms with van der Waals surface area (Å²) in [5.41, 5.74) is 2.53. The summed E-state index contributed by atoms with van der Waals surface area (Å²) in [5.74, 6) is -0.479. The molecule has 0 saturated carbocycles. The quantitative estimate of drug-likeness (QED) is 0.659. The van der Waals surface area contributed by atoms with Gasteiger partial charge in [0.1, 0.15) is 5.82 Å². The van der Waals surface area contributed by atoms with Crippen LogP contribution in [-0.4, -0.2) is 44.6 Å². The molecule has 0 bridgehead atoms. The first-order valence-corrected chi connectivity index (χ1v) is 11.0. The van der Waals surface area contributed by atoms with Crippen LogP contribution >= 0.6 is 0 Å². The summed E-state index contributed by atoms with van der Waals surface area (Å²) in [5, 5.41) is 5.89. The van der Waals surface area contributed by atoms with E-state index in [9.17, 15) is 14.0 Å². The van der Waals surface area contributed by atoms with Crippen LogP contribution < -0.4 is 15.5 Å². The van der Waals surface area contributed by atoms with Gasteiger partial charge in [0.05, 0.1) is 18.6 Å². The Balaban J connectivity index is 1.53. The van der Waals surface area contributed by atoms with Gasteiger partial charge in [-0.25, -0.2) is 4.39 Å². The lowest BCUT2D eigenvalue weighted by atomic mass is 9.92. The van der Waals surface area contributed by atoms with E-state index in [1.54, 1.807) is 18.2 Å². The van der Waals surface area contributed by atoms with Gasteiger partial charge in [0.25, 0.3) is 0 Å². The highest BCUT2D eigenvalue weighted by Crippen LogP contribution is 2.33. The molecule has 6 nitrogen and oxygen atoms in total. The van der Waals surface area contributed by atoms with Gasteiger partial charge in [-0.05, 0) is 43.0 Å². The van der Waals surface area contributed by atoms with Gasteiger partial charge in [-0.1, -0.05) is 30.3 Å². The average Bonchev–Trinajstić information content (AvgIpc) is 2.74. The van der Waals surface area contributed by atoms with Crippen molar-refractivity contribution < 1.29 is 18.7 Å². The number of hydrogen-bond donors (Lipinski definition) is 2. The third kappa shape index (κ3) is 6.79. The third-order valence-electron chi connectivity index (χ3n) is 5.67. The van der Waals surface area contributed by atoms with E-state index >= 15 is 0 Å². The number of rotatable bonds is 8. The molecule has 1 aliphatic rings. The Labute approximate surface area is 189 Å². The summed E-state index contributed by atoms with van der Waals surface area (Å²) in [6.07, 6.45) is 1.43. The van der Waals surface area contributed by atoms with Crippen molar-refractivity contribution in [1.82, 2.24) is 10.6 Å². The van der Waals surface area contributed by atoms with E-state index in [1.807, 2.05) is 43.3 Å². The minimum atomic E-state index is -0.433. The van der Waals surface area contributed by atoms with Crippen molar-refractivity contribution in [3.05, 3.63) is 65.5 Å². The molecule has 0 aliphatic carbocycles. The first kappa shape index (κ1) is 23.7. The minimum absolute atomic E-state index is 0.0533. The fraction of sp³-hybridized carbons (Fsp3) is 0.440. The van der Waals surface area contributed by atoms with E-state index in [0.717, 1.165) is 11.3 Å². The maximum atomic E-state index is 14.3. The van der Waals surface area contributed by atoms with Gasteiger partial charge in [-0.2, -0.15) is 0 Å². The van der Waals surface area contributed by atoms with Gasteiger partial charge in [0, 0.05) is 44.9 Å². The molecule has 3 atom stereocenters. The van der Waals surface area contributed by atoms with Crippen LogP contribution in [0.1, 0.15) is 43.4 Å². The molecule has 172 valence electrons. The molecular weight excluding hydrogens is 409 g/mol. The van der Waals surface area contributed by atoms with Crippen molar-refractivity contribution in [3.63, 3.8) is 0 Å². The van der Waals surface area contributed by atoms with Gasteiger partial charge in [0.2, 0.25) is 11.8 Å². The zero-order chi connectivity index (χ0) is 23.1. The van der Waals surface area contributed by atoms with Gasteiger partial charge < -0.3 is 20.3 Å². The molecule has 2 N–H and O–H groups in total. The maximum Gasteiger partial charge on any atom is 0.224 e. The normalized spacial score (nSPS) is 20.4. The number of carbonyl (C=O) groups is 2. The summed E-state index contributed by atoms with van der Waals surface area (Å²) < 4.78 is 20.5. The van der Waals surface area contributed by atoms with Crippen molar-refractivity contribution in [3.8, 4) is 0 Å². The molecule has 0 radical (unpaired) electrons. The highest BCUT2D eigenvalue weighted by atomic mass is 19.1. The Hall–Kier alpha value is -2.93. The van der Waals surface area contributed by atoms with Crippen LogP contribution in [-0.2, 0) is 20.7 Å². The van der Waals surface area contributed by atoms with Crippen molar-refractivity contribution in [1.29, 1.82) is 0 Å². The molecule has 2 amide bonds. The maximum absolute atomic E-state index is 14.3. The van der Waals surface area contributed by atoms with Crippen molar-refractivity contribution >= 4 is 17.5 Å². The molecule has 1 fully saturated rings. The van der Waals surface area contributed by atoms with Crippen molar-refractivity contribution in [2.45, 2.75) is 50.9 Å². The molecule has 1 saturated heterocycles. The van der Waals surface area contributed by atoms with Crippen LogP contribution in [0.4, 0.5) is 10.1 Å². The largest absolute Gasteiger partial charge is 0.378 e. The highest BCUT2D eigenvalue weighted by Gasteiger charge is 2.32. The molecular formula is C25H32FN3O3. The van der Waals surface area contributed by atoms with Gasteiger partial charge in [0.15, 0.2) is 0 Å². The Morgan fingerprint density at radius 2 is 1.81 bits per heavy atom. The van der Waals surface area contributed by atoms with Crippen LogP contribution in [0.3, 0.4) is 0 Å². The average molecular weight is 442 g/mol. The fourth-order valence-corrected chi connectivity index (χ4v) is 4.08. The lowest BCUT2D eigenvalue weighted by molar-refractivity contribution is -0.122. The van der Waals surface area contributed by atoms with Gasteiger partial charge >= 0.3 is 0 Å². The van der Waals surface area contributed by atoms with Crippen molar-refractivity contribution in [2.75, 3.05) is 25.5 Å². The second kappa shape index (κ2) is 11.1. The molecule has 7 heteroatoms. The number of amides is 2. The number of nitrogens with zero attached hydrogens (tertiary/aromatic N) is 1. The molecule has 1 aliphatic heterocycles. The third-order valence-corrected chi connectivity index (χ3v) is 5.67. The molecule has 2 aromatic carbocycles. The summed E-state index contributed by atoms with van der Waals surface area (Å²) in [7, 11) is 3.95. The SMILES string of the molecule is CC(=O)N[C@H]1C[C@@H](CCNC(=O)Cc2ccc(N(C)C)cc2)O[C@@H](c2ccccc2F)C1. The van der Waals surface area contributed by atoms with E-state index in [4.69, 9.17) is 4.74 Å². The number of carbonyl (C=O) groups excluding carboxylic acids is 2. The minimum Gasteiger partial charge on any atom is -0.378 e. The van der Waals surface area contributed by atoms with Crippen LogP contribution in [0.2, 0.25) is 0 Å².